The van der Waals surface area contributed by atoms with Gasteiger partial charge in [0.25, 0.3) is 0 Å². The molecular formula is C19H22N2O4. The highest BCUT2D eigenvalue weighted by atomic mass is 16.5. The van der Waals surface area contributed by atoms with E-state index in [-0.39, 0.29) is 11.9 Å². The monoisotopic (exact) mass is 342 g/mol. The van der Waals surface area contributed by atoms with Crippen LogP contribution in [0.25, 0.3) is 0 Å². The van der Waals surface area contributed by atoms with Gasteiger partial charge in [0.2, 0.25) is 5.88 Å². The first-order valence-electron chi connectivity index (χ1n) is 8.22. The summed E-state index contributed by atoms with van der Waals surface area (Å²) >= 11 is 0. The van der Waals surface area contributed by atoms with Crippen LogP contribution in [0.2, 0.25) is 0 Å². The van der Waals surface area contributed by atoms with E-state index in [2.05, 4.69) is 22.0 Å². The molecule has 6 heteroatoms. The van der Waals surface area contributed by atoms with E-state index in [1.165, 1.54) is 19.8 Å². The second-order valence-electron chi connectivity index (χ2n) is 5.84. The molecule has 0 bridgehead atoms. The molecule has 1 fully saturated rings. The van der Waals surface area contributed by atoms with E-state index in [4.69, 9.17) is 14.2 Å². The fourth-order valence-electron chi connectivity index (χ4n) is 3.23. The number of nitrogens with zero attached hydrogens (tertiary/aromatic N) is 2. The van der Waals surface area contributed by atoms with Gasteiger partial charge in [0.15, 0.2) is 0 Å². The molecule has 1 aliphatic rings. The predicted octanol–water partition coefficient (Wildman–Crippen LogP) is 3.23. The Morgan fingerprint density at radius 1 is 1.08 bits per heavy atom. The van der Waals surface area contributed by atoms with Crippen LogP contribution in [-0.4, -0.2) is 38.8 Å². The van der Waals surface area contributed by atoms with Crippen molar-refractivity contribution in [2.45, 2.75) is 18.9 Å². The summed E-state index contributed by atoms with van der Waals surface area (Å²) in [5.41, 5.74) is 1.55. The molecule has 1 aromatic carbocycles. The van der Waals surface area contributed by atoms with E-state index < -0.39 is 5.97 Å². The Hall–Kier alpha value is -2.76. The van der Waals surface area contributed by atoms with Gasteiger partial charge < -0.3 is 19.1 Å². The van der Waals surface area contributed by atoms with Crippen LogP contribution in [-0.2, 0) is 4.74 Å². The first-order chi connectivity index (χ1) is 12.2. The number of pyridine rings is 1. The molecule has 2 aromatic rings. The molecule has 0 amide bonds. The minimum Gasteiger partial charge on any atom is -0.497 e. The van der Waals surface area contributed by atoms with Gasteiger partial charge in [-0.25, -0.2) is 4.79 Å². The Kier molecular flexibility index (Phi) is 5.07. The molecule has 132 valence electrons. The normalized spacial score (nSPS) is 16.6. The highest BCUT2D eigenvalue weighted by Crippen LogP contribution is 2.36. The lowest BCUT2D eigenvalue weighted by Gasteiger charge is -2.26. The summed E-state index contributed by atoms with van der Waals surface area (Å²) in [4.78, 5) is 18.6. The number of anilines is 1. The van der Waals surface area contributed by atoms with Gasteiger partial charge in [-0.3, -0.25) is 0 Å². The zero-order chi connectivity index (χ0) is 17.8. The van der Waals surface area contributed by atoms with E-state index >= 15 is 0 Å². The van der Waals surface area contributed by atoms with Crippen molar-refractivity contribution in [1.82, 2.24) is 4.98 Å². The van der Waals surface area contributed by atoms with Crippen LogP contribution in [0, 0.1) is 0 Å². The maximum Gasteiger partial charge on any atom is 0.343 e. The van der Waals surface area contributed by atoms with E-state index in [1.54, 1.807) is 13.2 Å². The van der Waals surface area contributed by atoms with Gasteiger partial charge in [0, 0.05) is 6.54 Å². The highest BCUT2D eigenvalue weighted by Gasteiger charge is 2.28. The third kappa shape index (κ3) is 3.38. The predicted molar refractivity (Wildman–Crippen MR) is 94.4 cm³/mol. The van der Waals surface area contributed by atoms with E-state index in [0.717, 1.165) is 31.0 Å². The molecule has 1 unspecified atom stereocenters. The Morgan fingerprint density at radius 3 is 2.48 bits per heavy atom. The first kappa shape index (κ1) is 17.1. The average molecular weight is 342 g/mol. The maximum atomic E-state index is 11.8. The summed E-state index contributed by atoms with van der Waals surface area (Å²) < 4.78 is 15.3. The summed E-state index contributed by atoms with van der Waals surface area (Å²) in [6, 6.07) is 11.9. The molecule has 0 radical (unpaired) electrons. The van der Waals surface area contributed by atoms with Crippen LogP contribution in [0.15, 0.2) is 36.4 Å². The fraction of sp³-hybridized carbons (Fsp3) is 0.368. The fourth-order valence-corrected chi connectivity index (χ4v) is 3.23. The number of rotatable bonds is 5. The lowest BCUT2D eigenvalue weighted by molar-refractivity contribution is 0.0596. The number of hydrogen-bond donors (Lipinski definition) is 0. The molecule has 2 heterocycles. The third-order valence-electron chi connectivity index (χ3n) is 4.49. The topological polar surface area (TPSA) is 60.9 Å². The largest absolute Gasteiger partial charge is 0.497 e. The van der Waals surface area contributed by atoms with Crippen molar-refractivity contribution in [3.63, 3.8) is 0 Å². The standard InChI is InChI=1S/C19H22N2O4/c1-23-14-8-6-13(7-9-14)16-5-4-12-21(16)17-11-10-15(19(22)25-3)18(20-17)24-2/h6-11,16H,4-5,12H2,1-3H3. The van der Waals surface area contributed by atoms with E-state index in [1.807, 2.05) is 18.2 Å². The lowest BCUT2D eigenvalue weighted by atomic mass is 10.0. The van der Waals surface area contributed by atoms with Gasteiger partial charge in [-0.05, 0) is 42.7 Å². The van der Waals surface area contributed by atoms with Crippen LogP contribution < -0.4 is 14.4 Å². The van der Waals surface area contributed by atoms with Crippen molar-refractivity contribution in [2.24, 2.45) is 0 Å². The van der Waals surface area contributed by atoms with E-state index in [0.29, 0.717) is 5.56 Å². The Labute approximate surface area is 147 Å². The first-order valence-corrected chi connectivity index (χ1v) is 8.22. The Bertz CT molecular complexity index is 746. The molecule has 0 aliphatic carbocycles. The molecule has 0 saturated carbocycles. The average Bonchev–Trinajstić information content (AvgIpc) is 3.16. The number of methoxy groups -OCH3 is 3. The maximum absolute atomic E-state index is 11.8. The zero-order valence-corrected chi connectivity index (χ0v) is 14.7. The zero-order valence-electron chi connectivity index (χ0n) is 14.7. The minimum atomic E-state index is -0.455. The number of benzene rings is 1. The van der Waals surface area contributed by atoms with Gasteiger partial charge in [0.05, 0.1) is 27.4 Å². The number of hydrogen-bond acceptors (Lipinski definition) is 6. The molecule has 1 atom stereocenters. The summed E-state index contributed by atoms with van der Waals surface area (Å²) in [5, 5.41) is 0. The Balaban J connectivity index is 1.90. The minimum absolute atomic E-state index is 0.243. The van der Waals surface area contributed by atoms with Gasteiger partial charge in [0.1, 0.15) is 17.1 Å². The number of ether oxygens (including phenoxy) is 3. The van der Waals surface area contributed by atoms with Crippen molar-refractivity contribution in [3.8, 4) is 11.6 Å². The quantitative estimate of drug-likeness (QED) is 0.778. The SMILES string of the molecule is COC(=O)c1ccc(N2CCCC2c2ccc(OC)cc2)nc1OC. The van der Waals surface area contributed by atoms with Crippen molar-refractivity contribution in [2.75, 3.05) is 32.8 Å². The summed E-state index contributed by atoms with van der Waals surface area (Å²) in [5.74, 6) is 1.46. The summed E-state index contributed by atoms with van der Waals surface area (Å²) in [7, 11) is 4.51. The van der Waals surface area contributed by atoms with Crippen molar-refractivity contribution in [3.05, 3.63) is 47.5 Å². The molecule has 6 nitrogen and oxygen atoms in total. The Morgan fingerprint density at radius 2 is 1.84 bits per heavy atom. The number of esters is 1. The number of aromatic nitrogens is 1. The van der Waals surface area contributed by atoms with Crippen molar-refractivity contribution in [1.29, 1.82) is 0 Å². The third-order valence-corrected chi connectivity index (χ3v) is 4.49. The molecule has 0 N–H and O–H groups in total. The smallest absolute Gasteiger partial charge is 0.343 e. The van der Waals surface area contributed by atoms with Crippen LogP contribution >= 0.6 is 0 Å². The molecule has 1 saturated heterocycles. The molecule has 25 heavy (non-hydrogen) atoms. The molecular weight excluding hydrogens is 320 g/mol. The van der Waals surface area contributed by atoms with Crippen molar-refractivity contribution >= 4 is 11.8 Å². The van der Waals surface area contributed by atoms with Gasteiger partial charge in [-0.15, -0.1) is 0 Å². The molecule has 1 aliphatic heterocycles. The van der Waals surface area contributed by atoms with Crippen LogP contribution in [0.3, 0.4) is 0 Å². The summed E-state index contributed by atoms with van der Waals surface area (Å²) in [6.45, 7) is 0.907. The second-order valence-corrected chi connectivity index (χ2v) is 5.84. The molecule has 3 rings (SSSR count). The number of carbonyl (C=O) groups excluding carboxylic acids is 1. The summed E-state index contributed by atoms with van der Waals surface area (Å²) in [6.07, 6.45) is 2.13. The number of carbonyl (C=O) groups is 1. The van der Waals surface area contributed by atoms with E-state index in [9.17, 15) is 4.79 Å². The second kappa shape index (κ2) is 7.42. The highest BCUT2D eigenvalue weighted by molar-refractivity contribution is 5.92. The van der Waals surface area contributed by atoms with Crippen LogP contribution in [0.1, 0.15) is 34.8 Å². The molecule has 1 aromatic heterocycles. The van der Waals surface area contributed by atoms with Crippen LogP contribution in [0.5, 0.6) is 11.6 Å². The van der Waals surface area contributed by atoms with Gasteiger partial charge in [-0.1, -0.05) is 12.1 Å². The lowest BCUT2D eigenvalue weighted by Crippen LogP contribution is -2.24. The molecule has 0 spiro atoms. The van der Waals surface area contributed by atoms with Crippen LogP contribution in [0.4, 0.5) is 5.82 Å². The van der Waals surface area contributed by atoms with Gasteiger partial charge in [-0.2, -0.15) is 4.98 Å². The van der Waals surface area contributed by atoms with Crippen molar-refractivity contribution < 1.29 is 19.0 Å². The van der Waals surface area contributed by atoms with Gasteiger partial charge >= 0.3 is 5.97 Å².